The number of hydrogen-bond acceptors (Lipinski definition) is 4. The van der Waals surface area contributed by atoms with Gasteiger partial charge in [0.1, 0.15) is 12.4 Å². The fourth-order valence-corrected chi connectivity index (χ4v) is 3.54. The summed E-state index contributed by atoms with van der Waals surface area (Å²) in [5.74, 6) is 0.433. The van der Waals surface area contributed by atoms with E-state index in [1.165, 1.54) is 4.57 Å². The molecule has 2 heterocycles. The van der Waals surface area contributed by atoms with Crippen LogP contribution in [-0.2, 0) is 11.3 Å². The van der Waals surface area contributed by atoms with Crippen molar-refractivity contribution in [3.05, 3.63) is 69.3 Å². The predicted molar refractivity (Wildman–Crippen MR) is 103 cm³/mol. The van der Waals surface area contributed by atoms with Crippen LogP contribution >= 0.6 is 11.3 Å². The molecule has 2 N–H and O–H groups in total. The monoisotopic (exact) mass is 364 g/mol. The number of hydrogen-bond donors (Lipinski definition) is 2. The Morgan fingerprint density at radius 1 is 1.19 bits per heavy atom. The highest BCUT2D eigenvalue weighted by Crippen LogP contribution is 2.27. The van der Waals surface area contributed by atoms with Crippen LogP contribution in [0.1, 0.15) is 5.69 Å². The molecule has 0 aliphatic carbocycles. The molecule has 4 aromatic rings. The molecule has 7 heteroatoms. The van der Waals surface area contributed by atoms with Gasteiger partial charge in [0.2, 0.25) is 5.91 Å². The van der Waals surface area contributed by atoms with Crippen molar-refractivity contribution >= 4 is 34.0 Å². The van der Waals surface area contributed by atoms with Crippen molar-refractivity contribution in [2.45, 2.75) is 13.5 Å². The van der Waals surface area contributed by atoms with Crippen molar-refractivity contribution in [2.75, 3.05) is 5.32 Å². The zero-order valence-electron chi connectivity index (χ0n) is 14.0. The van der Waals surface area contributed by atoms with Gasteiger partial charge in [-0.05, 0) is 31.2 Å². The molecule has 0 radical (unpaired) electrons. The first-order valence-corrected chi connectivity index (χ1v) is 8.99. The zero-order valence-corrected chi connectivity index (χ0v) is 14.8. The zero-order chi connectivity index (χ0) is 18.1. The number of carbonyl (C=O) groups excluding carboxylic acids is 1. The molecule has 0 aliphatic rings. The average molecular weight is 364 g/mol. The lowest BCUT2D eigenvalue weighted by Crippen LogP contribution is -2.25. The molecule has 0 saturated carbocycles. The van der Waals surface area contributed by atoms with Crippen LogP contribution < -0.4 is 10.2 Å². The maximum atomic E-state index is 12.4. The molecule has 0 fully saturated rings. The second-order valence-corrected chi connectivity index (χ2v) is 6.75. The topological polar surface area (TPSA) is 79.8 Å². The van der Waals surface area contributed by atoms with Gasteiger partial charge in [-0.25, -0.2) is 4.98 Å². The molecule has 2 aromatic heterocycles. The Kier molecular flexibility index (Phi) is 4.14. The second kappa shape index (κ2) is 6.61. The fraction of sp³-hybridized carbons (Fsp3) is 0.105. The molecule has 0 unspecified atom stereocenters. The van der Waals surface area contributed by atoms with E-state index >= 15 is 0 Å². The Hall–Kier alpha value is -3.19. The van der Waals surface area contributed by atoms with Gasteiger partial charge in [0.05, 0.1) is 16.7 Å². The summed E-state index contributed by atoms with van der Waals surface area (Å²) in [6, 6.07) is 15.2. The van der Waals surface area contributed by atoms with Gasteiger partial charge >= 0.3 is 4.87 Å². The van der Waals surface area contributed by atoms with Crippen LogP contribution in [0.4, 0.5) is 5.69 Å². The van der Waals surface area contributed by atoms with Crippen LogP contribution in [0.3, 0.4) is 0 Å². The molecule has 6 nitrogen and oxygen atoms in total. The minimum atomic E-state index is -0.253. The van der Waals surface area contributed by atoms with Crippen molar-refractivity contribution in [3.8, 4) is 11.4 Å². The van der Waals surface area contributed by atoms with Crippen molar-refractivity contribution in [1.82, 2.24) is 14.5 Å². The molecule has 1 amide bonds. The van der Waals surface area contributed by atoms with Crippen LogP contribution in [0.5, 0.6) is 0 Å². The quantitative estimate of drug-likeness (QED) is 0.582. The van der Waals surface area contributed by atoms with Gasteiger partial charge in [0, 0.05) is 16.6 Å². The normalized spacial score (nSPS) is 11.0. The lowest BCUT2D eigenvalue weighted by atomic mass is 10.1. The standard InChI is InChI=1S/C19H16N4O2S/c1-12-11-26-19(25)23(12)10-17(24)20-14-7-3-2-6-13(14)18-21-15-8-4-5-9-16(15)22-18/h2-9,11H,10H2,1H3,(H,20,24)(H,21,22). The number of thiazole rings is 1. The van der Waals surface area contributed by atoms with Gasteiger partial charge in [-0.2, -0.15) is 0 Å². The molecule has 0 aliphatic heterocycles. The Labute approximate surface area is 153 Å². The highest BCUT2D eigenvalue weighted by Gasteiger charge is 2.13. The van der Waals surface area contributed by atoms with Crippen LogP contribution in [0.25, 0.3) is 22.4 Å². The van der Waals surface area contributed by atoms with Gasteiger partial charge in [-0.3, -0.25) is 14.2 Å². The summed E-state index contributed by atoms with van der Waals surface area (Å²) in [6.45, 7) is 1.80. The number of nitrogens with zero attached hydrogens (tertiary/aromatic N) is 2. The van der Waals surface area contributed by atoms with Crippen LogP contribution in [0.2, 0.25) is 0 Å². The number of fused-ring (bicyclic) bond motifs is 1. The molecule has 2 aromatic carbocycles. The lowest BCUT2D eigenvalue weighted by molar-refractivity contribution is -0.116. The van der Waals surface area contributed by atoms with E-state index in [9.17, 15) is 9.59 Å². The summed E-state index contributed by atoms with van der Waals surface area (Å²) >= 11 is 1.09. The minimum Gasteiger partial charge on any atom is -0.338 e. The number of aromatic amines is 1. The van der Waals surface area contributed by atoms with E-state index in [1.54, 1.807) is 5.38 Å². The van der Waals surface area contributed by atoms with Gasteiger partial charge in [-0.15, -0.1) is 0 Å². The van der Waals surface area contributed by atoms with Gasteiger partial charge in [0.25, 0.3) is 0 Å². The Morgan fingerprint density at radius 2 is 1.96 bits per heavy atom. The van der Waals surface area contributed by atoms with Crippen molar-refractivity contribution in [3.63, 3.8) is 0 Å². The summed E-state index contributed by atoms with van der Waals surface area (Å²) in [4.78, 5) is 32.0. The van der Waals surface area contributed by atoms with Crippen molar-refractivity contribution in [1.29, 1.82) is 0 Å². The number of rotatable bonds is 4. The summed E-state index contributed by atoms with van der Waals surface area (Å²) in [5.41, 5.74) is 4.03. The molecular formula is C19H16N4O2S. The van der Waals surface area contributed by atoms with Gasteiger partial charge < -0.3 is 10.3 Å². The number of nitrogens with one attached hydrogen (secondary N) is 2. The third-order valence-corrected chi connectivity index (χ3v) is 5.00. The highest BCUT2D eigenvalue weighted by atomic mass is 32.1. The van der Waals surface area contributed by atoms with E-state index in [0.717, 1.165) is 33.6 Å². The lowest BCUT2D eigenvalue weighted by Gasteiger charge is -2.10. The number of imidazole rings is 1. The number of H-pyrrole nitrogens is 1. The fourth-order valence-electron chi connectivity index (χ4n) is 2.81. The summed E-state index contributed by atoms with van der Waals surface area (Å²) in [6.07, 6.45) is 0. The van der Waals surface area contributed by atoms with Crippen molar-refractivity contribution in [2.24, 2.45) is 0 Å². The molecule has 0 atom stereocenters. The third kappa shape index (κ3) is 3.04. The molecule has 130 valence electrons. The van der Waals surface area contributed by atoms with Crippen LogP contribution in [0.15, 0.2) is 58.7 Å². The summed E-state index contributed by atoms with van der Waals surface area (Å²) in [5, 5.41) is 4.64. The first-order chi connectivity index (χ1) is 12.6. The van der Waals surface area contributed by atoms with Gasteiger partial charge in [0.15, 0.2) is 0 Å². The number of anilines is 1. The number of para-hydroxylation sites is 3. The number of carbonyl (C=O) groups is 1. The minimum absolute atomic E-state index is 0.0113. The molecular weight excluding hydrogens is 348 g/mol. The molecule has 4 rings (SSSR count). The Bertz CT molecular complexity index is 1120. The van der Waals surface area contributed by atoms with Crippen LogP contribution in [0, 0.1) is 6.92 Å². The van der Waals surface area contributed by atoms with E-state index in [4.69, 9.17) is 0 Å². The summed E-state index contributed by atoms with van der Waals surface area (Å²) in [7, 11) is 0. The van der Waals surface area contributed by atoms with E-state index in [0.29, 0.717) is 11.5 Å². The van der Waals surface area contributed by atoms with Crippen LogP contribution in [-0.4, -0.2) is 20.4 Å². The first-order valence-electron chi connectivity index (χ1n) is 8.11. The summed E-state index contributed by atoms with van der Waals surface area (Å²) < 4.78 is 1.46. The van der Waals surface area contributed by atoms with Gasteiger partial charge in [-0.1, -0.05) is 35.6 Å². The highest BCUT2D eigenvalue weighted by molar-refractivity contribution is 7.07. The third-order valence-electron chi connectivity index (χ3n) is 4.12. The maximum absolute atomic E-state index is 12.4. The average Bonchev–Trinajstić information content (AvgIpc) is 3.20. The predicted octanol–water partition coefficient (Wildman–Crippen LogP) is 3.40. The number of amides is 1. The molecule has 0 bridgehead atoms. The Balaban J connectivity index is 1.63. The Morgan fingerprint density at radius 3 is 2.73 bits per heavy atom. The van der Waals surface area contributed by atoms with Crippen molar-refractivity contribution < 1.29 is 4.79 Å². The number of aromatic nitrogens is 3. The largest absolute Gasteiger partial charge is 0.338 e. The number of benzene rings is 2. The van der Waals surface area contributed by atoms with E-state index in [1.807, 2.05) is 55.5 Å². The molecule has 0 saturated heterocycles. The van der Waals surface area contributed by atoms with E-state index in [-0.39, 0.29) is 17.3 Å². The molecule has 0 spiro atoms. The van der Waals surface area contributed by atoms with E-state index < -0.39 is 0 Å². The number of aryl methyl sites for hydroxylation is 1. The first kappa shape index (κ1) is 16.3. The molecule has 26 heavy (non-hydrogen) atoms. The SMILES string of the molecule is Cc1csc(=O)n1CC(=O)Nc1ccccc1-c1nc2ccccc2[nH]1. The smallest absolute Gasteiger partial charge is 0.307 e. The second-order valence-electron chi connectivity index (χ2n) is 5.93. The maximum Gasteiger partial charge on any atom is 0.307 e. The van der Waals surface area contributed by atoms with E-state index in [2.05, 4.69) is 15.3 Å².